The topological polar surface area (TPSA) is 85.3 Å². The Kier molecular flexibility index (Phi) is 4.34. The molecule has 0 atom stereocenters. The lowest BCUT2D eigenvalue weighted by atomic mass is 10.3. The first-order valence-electron chi connectivity index (χ1n) is 5.17. The lowest BCUT2D eigenvalue weighted by Gasteiger charge is -2.05. The molecular weight excluding hydrogens is 400 g/mol. The van der Waals surface area contributed by atoms with E-state index in [0.717, 1.165) is 15.9 Å². The zero-order valence-corrected chi connectivity index (χ0v) is 13.5. The second kappa shape index (κ2) is 5.66. The zero-order valence-electron chi connectivity index (χ0n) is 9.56. The minimum atomic E-state index is -3.65. The van der Waals surface area contributed by atoms with E-state index in [1.54, 1.807) is 12.1 Å². The van der Waals surface area contributed by atoms with Crippen molar-refractivity contribution < 1.29 is 12.8 Å². The van der Waals surface area contributed by atoms with Gasteiger partial charge in [0.25, 0.3) is 0 Å². The fraction of sp³-hybridized carbons (Fsp3) is 0.0909. The van der Waals surface area contributed by atoms with E-state index in [4.69, 9.17) is 9.56 Å². The molecule has 0 fully saturated rings. The zero-order chi connectivity index (χ0) is 14.0. The van der Waals surface area contributed by atoms with E-state index in [-0.39, 0.29) is 4.90 Å². The highest BCUT2D eigenvalue weighted by Crippen LogP contribution is 2.27. The van der Waals surface area contributed by atoms with E-state index in [1.165, 1.54) is 12.1 Å². The lowest BCUT2D eigenvalue weighted by Crippen LogP contribution is -2.11. The van der Waals surface area contributed by atoms with E-state index in [0.29, 0.717) is 11.2 Å². The van der Waals surface area contributed by atoms with Crippen molar-refractivity contribution in [1.29, 1.82) is 0 Å². The number of furan rings is 1. The van der Waals surface area contributed by atoms with Gasteiger partial charge in [-0.15, -0.1) is 0 Å². The molecule has 1 aromatic carbocycles. The van der Waals surface area contributed by atoms with Crippen molar-refractivity contribution in [2.45, 2.75) is 11.4 Å². The molecule has 1 heterocycles. The maximum atomic E-state index is 11.1. The van der Waals surface area contributed by atoms with Crippen LogP contribution in [0.15, 0.2) is 48.8 Å². The van der Waals surface area contributed by atoms with Crippen molar-refractivity contribution in [3.63, 3.8) is 0 Å². The average molecular weight is 410 g/mol. The highest BCUT2D eigenvalue weighted by Gasteiger charge is 2.08. The number of hydrogen-bond donors (Lipinski definition) is 2. The van der Waals surface area contributed by atoms with Crippen LogP contribution in [-0.2, 0) is 16.6 Å². The highest BCUT2D eigenvalue weighted by atomic mass is 79.9. The normalized spacial score (nSPS) is 11.5. The molecule has 0 bridgehead atoms. The summed E-state index contributed by atoms with van der Waals surface area (Å²) in [6, 6.07) is 8.03. The molecule has 3 N–H and O–H groups in total. The first kappa shape index (κ1) is 14.6. The van der Waals surface area contributed by atoms with Crippen molar-refractivity contribution >= 4 is 47.6 Å². The maximum Gasteiger partial charge on any atom is 0.238 e. The Labute approximate surface area is 127 Å². The van der Waals surface area contributed by atoms with Gasteiger partial charge in [0.2, 0.25) is 10.0 Å². The van der Waals surface area contributed by atoms with E-state index in [9.17, 15) is 8.42 Å². The Morgan fingerprint density at radius 2 is 1.84 bits per heavy atom. The highest BCUT2D eigenvalue weighted by molar-refractivity contribution is 9.13. The number of rotatable bonds is 4. The van der Waals surface area contributed by atoms with Gasteiger partial charge in [0.05, 0.1) is 15.9 Å². The van der Waals surface area contributed by atoms with Crippen molar-refractivity contribution in [2.75, 3.05) is 5.32 Å². The lowest BCUT2D eigenvalue weighted by molar-refractivity contribution is 0.494. The molecule has 0 aliphatic heterocycles. The summed E-state index contributed by atoms with van der Waals surface area (Å²) >= 11 is 6.58. The molecule has 2 rings (SSSR count). The van der Waals surface area contributed by atoms with E-state index >= 15 is 0 Å². The minimum absolute atomic E-state index is 0.0848. The summed E-state index contributed by atoms with van der Waals surface area (Å²) in [5.41, 5.74) is 0.774. The van der Waals surface area contributed by atoms with Gasteiger partial charge in [0.1, 0.15) is 5.76 Å². The number of primary sulfonamides is 1. The molecule has 19 heavy (non-hydrogen) atoms. The number of nitrogens with two attached hydrogens (primary N) is 1. The molecule has 0 spiro atoms. The molecule has 0 unspecified atom stereocenters. The number of sulfonamides is 1. The Hall–Kier alpha value is -0.830. The van der Waals surface area contributed by atoms with Crippen LogP contribution in [0.2, 0.25) is 0 Å². The molecule has 0 radical (unpaired) electrons. The van der Waals surface area contributed by atoms with Gasteiger partial charge >= 0.3 is 0 Å². The van der Waals surface area contributed by atoms with Crippen LogP contribution >= 0.6 is 31.9 Å². The standard InChI is InChI=1S/C11H10Br2N2O3S/c12-10-5-8(18-11(10)13)6-15-7-1-3-9(4-2-7)19(14,16)17/h1-5,15H,6H2,(H2,14,16,17). The van der Waals surface area contributed by atoms with E-state index in [2.05, 4.69) is 37.2 Å². The quantitative estimate of drug-likeness (QED) is 0.812. The summed E-state index contributed by atoms with van der Waals surface area (Å²) < 4.78 is 29.1. The predicted molar refractivity (Wildman–Crippen MR) is 79.2 cm³/mol. The fourth-order valence-corrected chi connectivity index (χ4v) is 2.60. The predicted octanol–water partition coefficient (Wildman–Crippen LogP) is 3.06. The third kappa shape index (κ3) is 3.82. The molecule has 102 valence electrons. The van der Waals surface area contributed by atoms with Gasteiger partial charge in [-0.1, -0.05) is 0 Å². The van der Waals surface area contributed by atoms with Crippen molar-refractivity contribution in [3.05, 3.63) is 45.2 Å². The largest absolute Gasteiger partial charge is 0.451 e. The number of hydrogen-bond acceptors (Lipinski definition) is 4. The molecule has 0 aliphatic rings. The van der Waals surface area contributed by atoms with Crippen LogP contribution < -0.4 is 10.5 Å². The van der Waals surface area contributed by atoms with E-state index < -0.39 is 10.0 Å². The Morgan fingerprint density at radius 1 is 1.21 bits per heavy atom. The molecule has 0 saturated carbocycles. The van der Waals surface area contributed by atoms with Crippen molar-refractivity contribution in [3.8, 4) is 0 Å². The number of halogens is 2. The number of nitrogens with one attached hydrogen (secondary N) is 1. The molecule has 1 aromatic heterocycles. The fourth-order valence-electron chi connectivity index (χ4n) is 1.43. The third-order valence-corrected chi connectivity index (χ3v) is 4.99. The molecule has 0 aliphatic carbocycles. The van der Waals surface area contributed by atoms with Gasteiger partial charge < -0.3 is 9.73 Å². The van der Waals surface area contributed by atoms with Crippen molar-refractivity contribution in [1.82, 2.24) is 0 Å². The summed E-state index contributed by atoms with van der Waals surface area (Å²) in [5.74, 6) is 0.745. The third-order valence-electron chi connectivity index (χ3n) is 2.35. The molecular formula is C11H10Br2N2O3S. The summed E-state index contributed by atoms with van der Waals surface area (Å²) in [6.07, 6.45) is 0. The Morgan fingerprint density at radius 3 is 2.32 bits per heavy atom. The van der Waals surface area contributed by atoms with Gasteiger partial charge in [-0.3, -0.25) is 0 Å². The molecule has 5 nitrogen and oxygen atoms in total. The second-order valence-electron chi connectivity index (χ2n) is 3.76. The summed E-state index contributed by atoms with van der Waals surface area (Å²) in [7, 11) is -3.65. The summed E-state index contributed by atoms with van der Waals surface area (Å²) in [5, 5.41) is 8.13. The average Bonchev–Trinajstić information content (AvgIpc) is 2.66. The first-order chi connectivity index (χ1) is 8.86. The van der Waals surface area contributed by atoms with Crippen molar-refractivity contribution in [2.24, 2.45) is 5.14 Å². The van der Waals surface area contributed by atoms with Crippen LogP contribution in [0.5, 0.6) is 0 Å². The van der Waals surface area contributed by atoms with E-state index in [1.807, 2.05) is 6.07 Å². The van der Waals surface area contributed by atoms with Crippen LogP contribution in [-0.4, -0.2) is 8.42 Å². The monoisotopic (exact) mass is 408 g/mol. The summed E-state index contributed by atoms with van der Waals surface area (Å²) in [6.45, 7) is 0.485. The SMILES string of the molecule is NS(=O)(=O)c1ccc(NCc2cc(Br)c(Br)o2)cc1. The first-order valence-corrected chi connectivity index (χ1v) is 8.30. The smallest absolute Gasteiger partial charge is 0.238 e. The van der Waals surface area contributed by atoms with Gasteiger partial charge in [0.15, 0.2) is 4.67 Å². The molecule has 8 heteroatoms. The van der Waals surface area contributed by atoms with Crippen LogP contribution in [0.4, 0.5) is 5.69 Å². The van der Waals surface area contributed by atoms with Crippen LogP contribution in [0, 0.1) is 0 Å². The number of anilines is 1. The van der Waals surface area contributed by atoms with Gasteiger partial charge in [-0.05, 0) is 62.2 Å². The van der Waals surface area contributed by atoms with Gasteiger partial charge in [-0.2, -0.15) is 0 Å². The molecule has 0 saturated heterocycles. The van der Waals surface area contributed by atoms with Gasteiger partial charge in [-0.25, -0.2) is 13.6 Å². The molecule has 0 amide bonds. The Balaban J connectivity index is 2.04. The van der Waals surface area contributed by atoms with Gasteiger partial charge in [0, 0.05) is 5.69 Å². The summed E-state index contributed by atoms with van der Waals surface area (Å²) in [4.78, 5) is 0.0848. The second-order valence-corrected chi connectivity index (χ2v) is 6.89. The maximum absolute atomic E-state index is 11.1. The number of benzene rings is 1. The minimum Gasteiger partial charge on any atom is -0.451 e. The van der Waals surface area contributed by atoms with Crippen LogP contribution in [0.3, 0.4) is 0 Å². The van der Waals surface area contributed by atoms with Crippen LogP contribution in [0.1, 0.15) is 5.76 Å². The molecule has 2 aromatic rings. The Bertz CT molecular complexity index is 661. The van der Waals surface area contributed by atoms with Crippen LogP contribution in [0.25, 0.3) is 0 Å².